The predicted molar refractivity (Wildman–Crippen MR) is 135 cm³/mol. The van der Waals surface area contributed by atoms with Gasteiger partial charge in [0.05, 0.1) is 26.4 Å². The summed E-state index contributed by atoms with van der Waals surface area (Å²) >= 11 is 0. The van der Waals surface area contributed by atoms with Crippen LogP contribution >= 0.6 is 0 Å². The number of carbonyl (C=O) groups excluding carboxylic acids is 1. The van der Waals surface area contributed by atoms with Gasteiger partial charge in [-0.25, -0.2) is 9.18 Å². The van der Waals surface area contributed by atoms with E-state index in [1.807, 2.05) is 0 Å². The molecule has 1 unspecified atom stereocenters. The van der Waals surface area contributed by atoms with Gasteiger partial charge in [-0.3, -0.25) is 0 Å². The van der Waals surface area contributed by atoms with Crippen molar-refractivity contribution in [2.75, 3.05) is 20.3 Å². The van der Waals surface area contributed by atoms with Crippen LogP contribution in [0.4, 0.5) is 4.39 Å². The number of hydrogen-bond donors (Lipinski definition) is 0. The Labute approximate surface area is 214 Å². The van der Waals surface area contributed by atoms with Crippen LogP contribution in [-0.2, 0) is 14.2 Å². The average molecular weight is 501 g/mol. The van der Waals surface area contributed by atoms with Gasteiger partial charge in [0.25, 0.3) is 0 Å². The second-order valence-corrected chi connectivity index (χ2v) is 11.9. The van der Waals surface area contributed by atoms with Crippen molar-refractivity contribution < 1.29 is 28.1 Å². The first-order valence-corrected chi connectivity index (χ1v) is 13.7. The van der Waals surface area contributed by atoms with Crippen LogP contribution in [0.3, 0.4) is 0 Å². The fourth-order valence-electron chi connectivity index (χ4n) is 8.07. The molecule has 198 valence electrons. The molecule has 6 heteroatoms. The van der Waals surface area contributed by atoms with E-state index in [0.717, 1.165) is 38.7 Å². The highest BCUT2D eigenvalue weighted by Crippen LogP contribution is 2.63. The quantitative estimate of drug-likeness (QED) is 0.321. The number of hydrogen-bond acceptors (Lipinski definition) is 5. The largest absolute Gasteiger partial charge is 0.493 e. The maximum Gasteiger partial charge on any atom is 0.344 e. The first kappa shape index (κ1) is 25.7. The Morgan fingerprint density at radius 1 is 1.17 bits per heavy atom. The van der Waals surface area contributed by atoms with E-state index in [2.05, 4.69) is 20.4 Å². The van der Waals surface area contributed by atoms with Crippen molar-refractivity contribution in [1.82, 2.24) is 0 Å². The van der Waals surface area contributed by atoms with Gasteiger partial charge in [0.1, 0.15) is 17.1 Å². The molecule has 4 aliphatic rings. The standard InChI is InChI=1S/C30H41FO5/c1-19-12-13-24-29(2,16-14-25-30(24,3)18-35-28(36-25)20-8-5-6-9-20)21(19)15-17-34-23-11-7-10-22(31)26(23)27(32)33-4/h7,10-11,20-21,24-25,28H,1,5-6,8-9,12-18H2,2-4H3/t21-,24?,25-,28-,29+,30+/m1/s1. The minimum absolute atomic E-state index is 0.0114. The van der Waals surface area contributed by atoms with Crippen LogP contribution in [0.15, 0.2) is 30.4 Å². The number of esters is 1. The average Bonchev–Trinajstić information content (AvgIpc) is 3.40. The van der Waals surface area contributed by atoms with Crippen molar-refractivity contribution in [3.8, 4) is 5.75 Å². The SMILES string of the molecule is C=C1CCC2[C@]3(C)CO[C@@H](C4CCCC4)O[C@@H]3CC[C@@]2(C)[C@@H]1CCOc1cccc(F)c1C(=O)OC. The summed E-state index contributed by atoms with van der Waals surface area (Å²) in [4.78, 5) is 12.1. The number of methoxy groups -OCH3 is 1. The van der Waals surface area contributed by atoms with E-state index in [9.17, 15) is 9.18 Å². The molecule has 0 bridgehead atoms. The van der Waals surface area contributed by atoms with Gasteiger partial charge in [-0.1, -0.05) is 44.9 Å². The summed E-state index contributed by atoms with van der Waals surface area (Å²) in [5.74, 6) is 0.189. The molecule has 1 aromatic carbocycles. The van der Waals surface area contributed by atoms with E-state index in [0.29, 0.717) is 18.4 Å². The molecule has 4 fully saturated rings. The van der Waals surface area contributed by atoms with Gasteiger partial charge >= 0.3 is 5.97 Å². The van der Waals surface area contributed by atoms with E-state index in [4.69, 9.17) is 18.9 Å². The lowest BCUT2D eigenvalue weighted by Crippen LogP contribution is -2.62. The molecule has 1 aromatic rings. The van der Waals surface area contributed by atoms with Gasteiger partial charge in [-0.2, -0.15) is 0 Å². The lowest BCUT2D eigenvalue weighted by atomic mass is 9.46. The number of benzene rings is 1. The van der Waals surface area contributed by atoms with Gasteiger partial charge < -0.3 is 18.9 Å². The molecule has 1 aliphatic heterocycles. The summed E-state index contributed by atoms with van der Waals surface area (Å²) in [5.41, 5.74) is 1.19. The fourth-order valence-corrected chi connectivity index (χ4v) is 8.07. The summed E-state index contributed by atoms with van der Waals surface area (Å²) in [6.45, 7) is 10.4. The predicted octanol–water partition coefficient (Wildman–Crippen LogP) is 6.70. The molecule has 5 rings (SSSR count). The van der Waals surface area contributed by atoms with Crippen molar-refractivity contribution in [2.24, 2.45) is 28.6 Å². The zero-order chi connectivity index (χ0) is 25.5. The summed E-state index contributed by atoms with van der Waals surface area (Å²) < 4.78 is 38.2. The lowest BCUT2D eigenvalue weighted by Gasteiger charge is -2.63. The third kappa shape index (κ3) is 4.38. The molecular weight excluding hydrogens is 459 g/mol. The highest BCUT2D eigenvalue weighted by atomic mass is 19.1. The number of fused-ring (bicyclic) bond motifs is 3. The van der Waals surface area contributed by atoms with E-state index in [1.54, 1.807) is 12.1 Å². The monoisotopic (exact) mass is 500 g/mol. The van der Waals surface area contributed by atoms with Crippen molar-refractivity contribution in [2.45, 2.75) is 84.0 Å². The highest BCUT2D eigenvalue weighted by Gasteiger charge is 2.60. The van der Waals surface area contributed by atoms with Gasteiger partial charge in [0.2, 0.25) is 0 Å². The molecule has 0 aromatic heterocycles. The van der Waals surface area contributed by atoms with Crippen molar-refractivity contribution >= 4 is 5.97 Å². The summed E-state index contributed by atoms with van der Waals surface area (Å²) in [5, 5.41) is 0. The number of carbonyl (C=O) groups is 1. The molecule has 0 N–H and O–H groups in total. The molecule has 3 aliphatic carbocycles. The zero-order valence-corrected chi connectivity index (χ0v) is 22.0. The first-order chi connectivity index (χ1) is 17.3. The molecule has 1 heterocycles. The highest BCUT2D eigenvalue weighted by molar-refractivity contribution is 5.92. The maximum atomic E-state index is 14.3. The van der Waals surface area contributed by atoms with Crippen LogP contribution in [0, 0.1) is 34.4 Å². The van der Waals surface area contributed by atoms with E-state index >= 15 is 0 Å². The number of halogens is 1. The molecule has 5 nitrogen and oxygen atoms in total. The number of ether oxygens (including phenoxy) is 4. The second kappa shape index (κ2) is 10.1. The van der Waals surface area contributed by atoms with Crippen molar-refractivity contribution in [3.63, 3.8) is 0 Å². The minimum atomic E-state index is -0.725. The lowest BCUT2D eigenvalue weighted by molar-refractivity contribution is -0.316. The summed E-state index contributed by atoms with van der Waals surface area (Å²) in [6.07, 6.45) is 10.2. The van der Waals surface area contributed by atoms with Gasteiger partial charge in [0.15, 0.2) is 6.29 Å². The van der Waals surface area contributed by atoms with E-state index in [-0.39, 0.29) is 40.5 Å². The van der Waals surface area contributed by atoms with Crippen molar-refractivity contribution in [1.29, 1.82) is 0 Å². The molecule has 3 saturated carbocycles. The Morgan fingerprint density at radius 2 is 1.94 bits per heavy atom. The Morgan fingerprint density at radius 3 is 2.69 bits per heavy atom. The third-order valence-corrected chi connectivity index (χ3v) is 9.99. The van der Waals surface area contributed by atoms with Crippen LogP contribution in [0.5, 0.6) is 5.75 Å². The topological polar surface area (TPSA) is 54.0 Å². The van der Waals surface area contributed by atoms with Crippen LogP contribution in [0.25, 0.3) is 0 Å². The summed E-state index contributed by atoms with van der Waals surface area (Å²) in [7, 11) is 1.25. The van der Waals surface area contributed by atoms with Gasteiger partial charge in [0, 0.05) is 11.3 Å². The second-order valence-electron chi connectivity index (χ2n) is 11.9. The zero-order valence-electron chi connectivity index (χ0n) is 22.0. The smallest absolute Gasteiger partial charge is 0.344 e. The minimum Gasteiger partial charge on any atom is -0.493 e. The maximum absolute atomic E-state index is 14.3. The fraction of sp³-hybridized carbons (Fsp3) is 0.700. The van der Waals surface area contributed by atoms with Crippen LogP contribution < -0.4 is 4.74 Å². The number of rotatable bonds is 6. The Hall–Kier alpha value is -1.92. The normalized spacial score (nSPS) is 36.7. The van der Waals surface area contributed by atoms with E-state index in [1.165, 1.54) is 44.4 Å². The Balaban J connectivity index is 1.29. The molecule has 1 saturated heterocycles. The first-order valence-electron chi connectivity index (χ1n) is 13.7. The molecule has 0 spiro atoms. The molecular formula is C30H41FO5. The Bertz CT molecular complexity index is 988. The van der Waals surface area contributed by atoms with E-state index < -0.39 is 11.8 Å². The van der Waals surface area contributed by atoms with Gasteiger partial charge in [-0.15, -0.1) is 0 Å². The molecule has 6 atom stereocenters. The van der Waals surface area contributed by atoms with Crippen LogP contribution in [0.2, 0.25) is 0 Å². The van der Waals surface area contributed by atoms with Crippen molar-refractivity contribution in [3.05, 3.63) is 41.7 Å². The summed E-state index contributed by atoms with van der Waals surface area (Å²) in [6, 6.07) is 4.43. The Kier molecular flexibility index (Phi) is 7.21. The molecule has 0 amide bonds. The molecule has 36 heavy (non-hydrogen) atoms. The van der Waals surface area contributed by atoms with Crippen LogP contribution in [-0.4, -0.2) is 38.7 Å². The molecule has 0 radical (unpaired) electrons. The van der Waals surface area contributed by atoms with Gasteiger partial charge in [-0.05, 0) is 74.3 Å². The van der Waals surface area contributed by atoms with Crippen LogP contribution in [0.1, 0.15) is 82.0 Å². The third-order valence-electron chi connectivity index (χ3n) is 9.99. The number of allylic oxidation sites excluding steroid dienone is 1.